The topological polar surface area (TPSA) is 55.1 Å². The first-order valence-electron chi connectivity index (χ1n) is 9.24. The second-order valence-electron chi connectivity index (χ2n) is 7.49. The number of pyridine rings is 1. The number of nitrogens with one attached hydrogen (secondary N) is 1. The van der Waals surface area contributed by atoms with E-state index in [1.165, 1.54) is 6.07 Å². The van der Waals surface area contributed by atoms with Gasteiger partial charge in [-0.3, -0.25) is 0 Å². The van der Waals surface area contributed by atoms with Gasteiger partial charge in [0.25, 0.3) is 5.92 Å². The minimum absolute atomic E-state index is 0.192. The number of allylic oxidation sites excluding steroid dienone is 1. The van der Waals surface area contributed by atoms with Crippen LogP contribution in [0.15, 0.2) is 30.7 Å². The SMILES string of the molecule is Cc1cnc2c(F)cc(C3=CCCc4nc(NC5CC(F)(F)C5)ncc43)cn12. The van der Waals surface area contributed by atoms with E-state index < -0.39 is 5.92 Å². The predicted octanol–water partition coefficient (Wildman–Crippen LogP) is 4.16. The van der Waals surface area contributed by atoms with Crippen LogP contribution in [0.1, 0.15) is 41.8 Å². The summed E-state index contributed by atoms with van der Waals surface area (Å²) in [7, 11) is 0. The molecule has 0 aliphatic heterocycles. The number of halogens is 3. The molecule has 2 aliphatic carbocycles. The summed E-state index contributed by atoms with van der Waals surface area (Å²) in [6, 6.07) is 1.18. The van der Waals surface area contributed by atoms with E-state index >= 15 is 0 Å². The standard InChI is InChI=1S/C20H18F3N5/c1-11-8-24-18-16(21)5-12(10-28(11)18)14-3-2-4-17-15(14)9-25-19(27-17)26-13-6-20(22,23)7-13/h3,5,8-10,13H,2,4,6-7H2,1H3,(H,25,26,27). The number of fused-ring (bicyclic) bond motifs is 2. The molecule has 5 nitrogen and oxygen atoms in total. The van der Waals surface area contributed by atoms with Crippen molar-refractivity contribution in [3.8, 4) is 0 Å². The predicted molar refractivity (Wildman–Crippen MR) is 98.9 cm³/mol. The summed E-state index contributed by atoms with van der Waals surface area (Å²) in [5, 5.41) is 2.98. The molecule has 3 heterocycles. The Labute approximate surface area is 159 Å². The van der Waals surface area contributed by atoms with Gasteiger partial charge in [0.05, 0.1) is 5.69 Å². The number of aryl methyl sites for hydroxylation is 2. The van der Waals surface area contributed by atoms with E-state index in [1.807, 2.05) is 13.1 Å². The van der Waals surface area contributed by atoms with E-state index in [1.54, 1.807) is 16.8 Å². The van der Waals surface area contributed by atoms with Crippen molar-refractivity contribution in [2.24, 2.45) is 0 Å². The number of nitrogens with zero attached hydrogens (tertiary/aromatic N) is 4. The third kappa shape index (κ3) is 2.83. The molecule has 1 saturated carbocycles. The van der Waals surface area contributed by atoms with Crippen molar-refractivity contribution in [1.29, 1.82) is 0 Å². The molecule has 1 fully saturated rings. The van der Waals surface area contributed by atoms with Gasteiger partial charge in [-0.15, -0.1) is 0 Å². The Morgan fingerprint density at radius 1 is 1.21 bits per heavy atom. The van der Waals surface area contributed by atoms with Gasteiger partial charge in [0, 0.05) is 54.3 Å². The number of hydrogen-bond donors (Lipinski definition) is 1. The third-order valence-corrected chi connectivity index (χ3v) is 5.37. The molecular weight excluding hydrogens is 367 g/mol. The summed E-state index contributed by atoms with van der Waals surface area (Å²) in [5.74, 6) is -2.60. The Morgan fingerprint density at radius 3 is 2.82 bits per heavy atom. The largest absolute Gasteiger partial charge is 0.351 e. The first-order valence-corrected chi connectivity index (χ1v) is 9.24. The highest BCUT2D eigenvalue weighted by atomic mass is 19.3. The van der Waals surface area contributed by atoms with Crippen LogP contribution in [0.5, 0.6) is 0 Å². The van der Waals surface area contributed by atoms with E-state index in [0.29, 0.717) is 11.6 Å². The molecule has 144 valence electrons. The summed E-state index contributed by atoms with van der Waals surface area (Å²) in [5.41, 5.74) is 4.43. The van der Waals surface area contributed by atoms with Crippen LogP contribution in [-0.4, -0.2) is 31.3 Å². The first kappa shape index (κ1) is 17.2. The highest BCUT2D eigenvalue weighted by Crippen LogP contribution is 2.39. The summed E-state index contributed by atoms with van der Waals surface area (Å²) in [6.07, 6.45) is 8.35. The van der Waals surface area contributed by atoms with Crippen molar-refractivity contribution in [2.45, 2.75) is 44.6 Å². The van der Waals surface area contributed by atoms with Crippen LogP contribution < -0.4 is 5.32 Å². The Kier molecular flexibility index (Phi) is 3.72. The minimum Gasteiger partial charge on any atom is -0.351 e. The second kappa shape index (κ2) is 6.05. The van der Waals surface area contributed by atoms with Gasteiger partial charge < -0.3 is 9.72 Å². The molecule has 0 unspecified atom stereocenters. The van der Waals surface area contributed by atoms with Crippen molar-refractivity contribution in [2.75, 3.05) is 5.32 Å². The van der Waals surface area contributed by atoms with Crippen LogP contribution >= 0.6 is 0 Å². The molecular formula is C20H18F3N5. The fourth-order valence-corrected chi connectivity index (χ4v) is 3.90. The summed E-state index contributed by atoms with van der Waals surface area (Å²) in [6.45, 7) is 1.87. The Bertz CT molecular complexity index is 1110. The summed E-state index contributed by atoms with van der Waals surface area (Å²) in [4.78, 5) is 12.9. The van der Waals surface area contributed by atoms with Crippen LogP contribution in [0.2, 0.25) is 0 Å². The van der Waals surface area contributed by atoms with Gasteiger partial charge in [0.1, 0.15) is 0 Å². The molecule has 1 N–H and O–H groups in total. The Morgan fingerprint density at radius 2 is 2.04 bits per heavy atom. The lowest BCUT2D eigenvalue weighted by Crippen LogP contribution is -2.44. The number of anilines is 1. The number of hydrogen-bond acceptors (Lipinski definition) is 4. The average Bonchev–Trinajstić information content (AvgIpc) is 3.01. The quantitative estimate of drug-likeness (QED) is 0.736. The fraction of sp³-hybridized carbons (Fsp3) is 0.350. The molecule has 2 aliphatic rings. The molecule has 0 spiro atoms. The van der Waals surface area contributed by atoms with Gasteiger partial charge in [0.15, 0.2) is 11.5 Å². The van der Waals surface area contributed by atoms with Crippen LogP contribution in [0.3, 0.4) is 0 Å². The minimum atomic E-state index is -2.59. The number of aromatic nitrogens is 4. The molecule has 3 aromatic heterocycles. The lowest BCUT2D eigenvalue weighted by atomic mass is 9.88. The lowest BCUT2D eigenvalue weighted by molar-refractivity contribution is -0.0794. The summed E-state index contributed by atoms with van der Waals surface area (Å²) < 4.78 is 42.3. The molecule has 0 aromatic carbocycles. The van der Waals surface area contributed by atoms with E-state index in [0.717, 1.165) is 40.9 Å². The highest BCUT2D eigenvalue weighted by molar-refractivity contribution is 5.82. The normalized spacial score (nSPS) is 18.5. The molecule has 8 heteroatoms. The number of rotatable bonds is 3. The second-order valence-corrected chi connectivity index (χ2v) is 7.49. The van der Waals surface area contributed by atoms with Gasteiger partial charge in [0.2, 0.25) is 5.95 Å². The fourth-order valence-electron chi connectivity index (χ4n) is 3.90. The van der Waals surface area contributed by atoms with Gasteiger partial charge in [-0.1, -0.05) is 6.08 Å². The van der Waals surface area contributed by atoms with Crippen LogP contribution in [-0.2, 0) is 6.42 Å². The van der Waals surface area contributed by atoms with Crippen LogP contribution in [0.25, 0.3) is 11.2 Å². The maximum Gasteiger partial charge on any atom is 0.252 e. The molecule has 0 amide bonds. The van der Waals surface area contributed by atoms with E-state index in [4.69, 9.17) is 0 Å². The van der Waals surface area contributed by atoms with Gasteiger partial charge in [-0.05, 0) is 31.4 Å². The van der Waals surface area contributed by atoms with Gasteiger partial charge in [-0.2, -0.15) is 0 Å². The number of alkyl halides is 2. The van der Waals surface area contributed by atoms with Gasteiger partial charge in [-0.25, -0.2) is 28.1 Å². The van der Waals surface area contributed by atoms with Gasteiger partial charge >= 0.3 is 0 Å². The maximum absolute atomic E-state index is 14.5. The average molecular weight is 385 g/mol. The van der Waals surface area contributed by atoms with E-state index in [9.17, 15) is 13.2 Å². The smallest absolute Gasteiger partial charge is 0.252 e. The maximum atomic E-state index is 14.5. The zero-order valence-corrected chi connectivity index (χ0v) is 15.2. The third-order valence-electron chi connectivity index (χ3n) is 5.37. The van der Waals surface area contributed by atoms with E-state index in [-0.39, 0.29) is 24.7 Å². The molecule has 0 radical (unpaired) electrons. The van der Waals surface area contributed by atoms with E-state index in [2.05, 4.69) is 26.3 Å². The molecule has 0 bridgehead atoms. The van der Waals surface area contributed by atoms with Crippen LogP contribution in [0, 0.1) is 12.7 Å². The molecule has 0 atom stereocenters. The number of imidazole rings is 1. The van der Waals surface area contributed by atoms with Crippen molar-refractivity contribution in [3.05, 3.63) is 59.1 Å². The molecule has 5 rings (SSSR count). The van der Waals surface area contributed by atoms with Crippen molar-refractivity contribution in [3.63, 3.8) is 0 Å². The van der Waals surface area contributed by atoms with Crippen LogP contribution in [0.4, 0.5) is 19.1 Å². The van der Waals surface area contributed by atoms with Crippen molar-refractivity contribution in [1.82, 2.24) is 19.4 Å². The first-order chi connectivity index (χ1) is 13.4. The van der Waals surface area contributed by atoms with Crippen molar-refractivity contribution >= 4 is 17.2 Å². The zero-order valence-electron chi connectivity index (χ0n) is 15.2. The highest BCUT2D eigenvalue weighted by Gasteiger charge is 2.45. The Hall–Kier alpha value is -2.90. The zero-order chi connectivity index (χ0) is 19.5. The lowest BCUT2D eigenvalue weighted by Gasteiger charge is -2.35. The molecule has 0 saturated heterocycles. The van der Waals surface area contributed by atoms with Crippen molar-refractivity contribution < 1.29 is 13.2 Å². The monoisotopic (exact) mass is 385 g/mol. The summed E-state index contributed by atoms with van der Waals surface area (Å²) >= 11 is 0. The Balaban J connectivity index is 1.47. The molecule has 3 aromatic rings. The molecule has 28 heavy (non-hydrogen) atoms.